The number of hydrogen-bond donors (Lipinski definition) is 2. The van der Waals surface area contributed by atoms with E-state index in [-0.39, 0.29) is 26.3 Å². The minimum atomic E-state index is -2.89. The molecule has 0 radical (unpaired) electrons. The van der Waals surface area contributed by atoms with Gasteiger partial charge in [0.25, 0.3) is 18.2 Å². The van der Waals surface area contributed by atoms with Gasteiger partial charge in [-0.15, -0.1) is 16.0 Å². The zero-order valence-corrected chi connectivity index (χ0v) is 19.4. The molecular weight excluding hydrogens is 486 g/mol. The van der Waals surface area contributed by atoms with Crippen molar-refractivity contribution in [3.05, 3.63) is 50.4 Å². The van der Waals surface area contributed by atoms with E-state index in [1.807, 2.05) is 0 Å². The molecule has 2 amide bonds. The first-order valence-electron chi connectivity index (χ1n) is 10.0. The normalized spacial score (nSPS) is 11.4. The molecule has 12 nitrogen and oxygen atoms in total. The summed E-state index contributed by atoms with van der Waals surface area (Å²) in [5.74, 6) is -2.04. The molecule has 15 heteroatoms. The third-order valence-corrected chi connectivity index (χ3v) is 6.16. The Bertz CT molecular complexity index is 1510. The number of aromatic nitrogens is 5. The monoisotopic (exact) mass is 504 g/mol. The van der Waals surface area contributed by atoms with E-state index in [4.69, 9.17) is 5.73 Å². The molecule has 0 fully saturated rings. The zero-order valence-electron chi connectivity index (χ0n) is 18.6. The second kappa shape index (κ2) is 8.83. The second-order valence-electron chi connectivity index (χ2n) is 7.65. The van der Waals surface area contributed by atoms with Crippen LogP contribution in [0.5, 0.6) is 0 Å². The number of hydrogen-bond acceptors (Lipinski definition) is 8. The first kappa shape index (κ1) is 23.9. The Labute approximate surface area is 199 Å². The van der Waals surface area contributed by atoms with Gasteiger partial charge in [-0.3, -0.25) is 14.3 Å². The topological polar surface area (TPSA) is 164 Å². The maximum Gasteiger partial charge on any atom is 0.345 e. The van der Waals surface area contributed by atoms with E-state index >= 15 is 0 Å². The molecule has 0 aliphatic heterocycles. The van der Waals surface area contributed by atoms with Crippen molar-refractivity contribution in [2.24, 2.45) is 12.8 Å². The van der Waals surface area contributed by atoms with Crippen LogP contribution in [0.15, 0.2) is 18.3 Å². The number of thiophene rings is 1. The number of carbonyl (C=O) groups is 2. The van der Waals surface area contributed by atoms with Crippen LogP contribution < -0.4 is 11.1 Å². The molecule has 0 aliphatic rings. The summed E-state index contributed by atoms with van der Waals surface area (Å²) in [6.45, 7) is 2.68. The van der Waals surface area contributed by atoms with Crippen molar-refractivity contribution in [2.75, 3.05) is 5.32 Å². The summed E-state index contributed by atoms with van der Waals surface area (Å²) < 4.78 is 29.6. The number of amides is 2. The van der Waals surface area contributed by atoms with Crippen molar-refractivity contribution in [3.63, 3.8) is 0 Å². The number of halogens is 2. The molecule has 182 valence electrons. The number of aryl methyl sites for hydroxylation is 3. The summed E-state index contributed by atoms with van der Waals surface area (Å²) in [4.78, 5) is 39.6. The van der Waals surface area contributed by atoms with E-state index in [1.165, 1.54) is 23.7 Å². The van der Waals surface area contributed by atoms with Gasteiger partial charge in [0.15, 0.2) is 6.54 Å². The average molecular weight is 504 g/mol. The average Bonchev–Trinajstić information content (AvgIpc) is 3.42. The molecule has 4 heterocycles. The Morgan fingerprint density at radius 2 is 1.97 bits per heavy atom. The maximum absolute atomic E-state index is 13.6. The Morgan fingerprint density at radius 3 is 2.54 bits per heavy atom. The van der Waals surface area contributed by atoms with Crippen LogP contribution in [0.2, 0.25) is 0 Å². The Kier molecular flexibility index (Phi) is 6.02. The number of carbonyl (C=O) groups excluding carboxylic acids is 2. The number of pyridine rings is 1. The first-order valence-corrected chi connectivity index (χ1v) is 10.8. The molecule has 0 saturated carbocycles. The van der Waals surface area contributed by atoms with Crippen LogP contribution in [-0.4, -0.2) is 41.3 Å². The Balaban J connectivity index is 1.87. The van der Waals surface area contributed by atoms with E-state index in [9.17, 15) is 28.5 Å². The summed E-state index contributed by atoms with van der Waals surface area (Å²) in [7, 11) is 1.66. The highest BCUT2D eigenvalue weighted by Crippen LogP contribution is 2.43. The fraction of sp³-hybridized carbons (Fsp3) is 0.250. The highest BCUT2D eigenvalue weighted by Gasteiger charge is 2.27. The lowest BCUT2D eigenvalue weighted by Gasteiger charge is -2.10. The first-order chi connectivity index (χ1) is 16.5. The van der Waals surface area contributed by atoms with E-state index in [2.05, 4.69) is 20.5 Å². The van der Waals surface area contributed by atoms with E-state index in [0.29, 0.717) is 17.0 Å². The van der Waals surface area contributed by atoms with Gasteiger partial charge in [0, 0.05) is 24.2 Å². The van der Waals surface area contributed by atoms with Crippen LogP contribution in [0.4, 0.5) is 20.3 Å². The van der Waals surface area contributed by atoms with Crippen LogP contribution in [0, 0.1) is 24.0 Å². The van der Waals surface area contributed by atoms with Crippen LogP contribution in [0.25, 0.3) is 21.3 Å². The minimum absolute atomic E-state index is 0.0272. The third-order valence-electron chi connectivity index (χ3n) is 5.06. The smallest absolute Gasteiger partial charge is 0.345 e. The molecule has 4 aromatic rings. The number of fused-ring (bicyclic) bond motifs is 1. The summed E-state index contributed by atoms with van der Waals surface area (Å²) in [5, 5.41) is 22.2. The molecule has 0 spiro atoms. The zero-order chi connectivity index (χ0) is 25.6. The van der Waals surface area contributed by atoms with Crippen LogP contribution in [0.3, 0.4) is 0 Å². The predicted molar refractivity (Wildman–Crippen MR) is 122 cm³/mol. The number of primary amides is 1. The number of anilines is 1. The molecule has 0 saturated heterocycles. The number of alkyl halides is 2. The van der Waals surface area contributed by atoms with Crippen LogP contribution >= 0.6 is 11.3 Å². The molecular formula is C20H18F2N8O4S. The lowest BCUT2D eigenvalue weighted by Crippen LogP contribution is -2.22. The van der Waals surface area contributed by atoms with Crippen molar-refractivity contribution >= 4 is 44.9 Å². The SMILES string of the molecule is Cc1cc([N+](=O)[O-])n(CC(=O)Nc2c(C(N)=O)sc3nc(C(F)F)cc(-c4cn(C)nc4C)c23)n1. The lowest BCUT2D eigenvalue weighted by atomic mass is 10.0. The maximum atomic E-state index is 13.6. The fourth-order valence-corrected chi connectivity index (χ4v) is 4.72. The Morgan fingerprint density at radius 1 is 1.26 bits per heavy atom. The molecule has 4 rings (SSSR count). The van der Waals surface area contributed by atoms with Gasteiger partial charge in [-0.1, -0.05) is 5.10 Å². The predicted octanol–water partition coefficient (Wildman–Crippen LogP) is 3.09. The van der Waals surface area contributed by atoms with Crippen molar-refractivity contribution in [1.29, 1.82) is 0 Å². The van der Waals surface area contributed by atoms with Gasteiger partial charge >= 0.3 is 5.82 Å². The Hall–Kier alpha value is -4.27. The third kappa shape index (κ3) is 4.44. The standard InChI is InChI=1S/C20H18F2N8O4S/c1-8-4-14(30(33)34)29(26-8)7-13(31)25-16-15-10(11-6-28(3)27-9(11)2)5-12(18(21)22)24-20(15)35-17(16)19(23)32/h4-6,18H,7H2,1-3H3,(H2,23,32)(H,25,31). The van der Waals surface area contributed by atoms with E-state index in [0.717, 1.165) is 16.0 Å². The highest BCUT2D eigenvalue weighted by atomic mass is 32.1. The second-order valence-corrected chi connectivity index (χ2v) is 8.65. The summed E-state index contributed by atoms with van der Waals surface area (Å²) in [6, 6.07) is 2.38. The van der Waals surface area contributed by atoms with Gasteiger partial charge in [0.1, 0.15) is 15.4 Å². The summed E-state index contributed by atoms with van der Waals surface area (Å²) in [6.07, 6.45) is -1.28. The summed E-state index contributed by atoms with van der Waals surface area (Å²) >= 11 is 0.754. The van der Waals surface area contributed by atoms with Crippen molar-refractivity contribution in [1.82, 2.24) is 24.5 Å². The van der Waals surface area contributed by atoms with Crippen LogP contribution in [0.1, 0.15) is 33.2 Å². The fourth-order valence-electron chi connectivity index (χ4n) is 3.71. The van der Waals surface area contributed by atoms with E-state index < -0.39 is 41.2 Å². The molecule has 0 unspecified atom stereocenters. The lowest BCUT2D eigenvalue weighted by molar-refractivity contribution is -0.392. The van der Waals surface area contributed by atoms with Gasteiger partial charge in [0.05, 0.1) is 23.1 Å². The van der Waals surface area contributed by atoms with Gasteiger partial charge in [-0.05, 0) is 30.4 Å². The molecule has 3 N–H and O–H groups in total. The molecule has 0 atom stereocenters. The van der Waals surface area contributed by atoms with Gasteiger partial charge < -0.3 is 21.2 Å². The van der Waals surface area contributed by atoms with Gasteiger partial charge in [-0.2, -0.15) is 5.10 Å². The van der Waals surface area contributed by atoms with Gasteiger partial charge in [0.2, 0.25) is 0 Å². The van der Waals surface area contributed by atoms with E-state index in [1.54, 1.807) is 20.2 Å². The van der Waals surface area contributed by atoms with Crippen LogP contribution in [-0.2, 0) is 18.4 Å². The van der Waals surface area contributed by atoms with Gasteiger partial charge in [-0.25, -0.2) is 13.8 Å². The summed E-state index contributed by atoms with van der Waals surface area (Å²) in [5.41, 5.74) is 6.59. The van der Waals surface area contributed by atoms with Crippen molar-refractivity contribution in [3.8, 4) is 11.1 Å². The van der Waals surface area contributed by atoms with Crippen molar-refractivity contribution < 1.29 is 23.3 Å². The number of rotatable bonds is 7. The number of nitrogens with two attached hydrogens (primary N) is 1. The number of nitrogens with one attached hydrogen (secondary N) is 1. The highest BCUT2D eigenvalue weighted by molar-refractivity contribution is 7.21. The number of nitrogens with zero attached hydrogens (tertiary/aromatic N) is 6. The molecule has 4 aromatic heterocycles. The molecule has 35 heavy (non-hydrogen) atoms. The number of nitro groups is 1. The minimum Gasteiger partial charge on any atom is -0.365 e. The van der Waals surface area contributed by atoms with Crippen molar-refractivity contribution in [2.45, 2.75) is 26.8 Å². The molecule has 0 aromatic carbocycles. The molecule has 0 bridgehead atoms. The molecule has 0 aliphatic carbocycles. The quantitative estimate of drug-likeness (QED) is 0.288. The largest absolute Gasteiger partial charge is 0.365 e.